The number of nitrogens with two attached hydrogens (primary N) is 1. The minimum absolute atomic E-state index is 0.144. The fourth-order valence-electron chi connectivity index (χ4n) is 1.90. The van der Waals surface area contributed by atoms with Crippen LogP contribution in [0.15, 0.2) is 16.0 Å². The maximum Gasteiger partial charge on any atom is 0.344 e. The van der Waals surface area contributed by atoms with Crippen molar-refractivity contribution in [1.29, 1.82) is 0 Å². The van der Waals surface area contributed by atoms with E-state index in [4.69, 9.17) is 5.73 Å². The summed E-state index contributed by atoms with van der Waals surface area (Å²) in [5, 5.41) is 7.22. The molecule has 0 aromatic carbocycles. The van der Waals surface area contributed by atoms with Crippen molar-refractivity contribution in [1.82, 2.24) is 24.7 Å². The van der Waals surface area contributed by atoms with Crippen LogP contribution in [0.2, 0.25) is 0 Å². The number of nitrogens with one attached hydrogen (secondary N) is 1. The van der Waals surface area contributed by atoms with Gasteiger partial charge in [0.1, 0.15) is 11.6 Å². The first-order valence-electron chi connectivity index (χ1n) is 6.03. The molecule has 8 heteroatoms. The van der Waals surface area contributed by atoms with Crippen molar-refractivity contribution in [2.45, 2.75) is 36.7 Å². The summed E-state index contributed by atoms with van der Waals surface area (Å²) in [6.07, 6.45) is 2.09. The monoisotopic (exact) mass is 278 g/mol. The largest absolute Gasteiger partial charge is 0.384 e. The molecule has 0 aliphatic heterocycles. The van der Waals surface area contributed by atoms with Gasteiger partial charge in [-0.3, -0.25) is 4.57 Å². The quantitative estimate of drug-likeness (QED) is 0.805. The molecule has 2 aromatic heterocycles. The minimum atomic E-state index is -0.144. The Balaban J connectivity index is 1.77. The topological polar surface area (TPSA) is 102 Å². The van der Waals surface area contributed by atoms with Gasteiger partial charge in [0.15, 0.2) is 5.16 Å². The highest BCUT2D eigenvalue weighted by Gasteiger charge is 2.28. The van der Waals surface area contributed by atoms with Crippen LogP contribution in [0.3, 0.4) is 0 Å². The van der Waals surface area contributed by atoms with Gasteiger partial charge in [0, 0.05) is 17.8 Å². The molecule has 3 rings (SSSR count). The number of anilines is 1. The van der Waals surface area contributed by atoms with Gasteiger partial charge in [-0.15, -0.1) is 5.10 Å². The second-order valence-electron chi connectivity index (χ2n) is 4.55. The fraction of sp³-hybridized carbons (Fsp3) is 0.455. The van der Waals surface area contributed by atoms with Crippen molar-refractivity contribution >= 4 is 17.6 Å². The highest BCUT2D eigenvalue weighted by molar-refractivity contribution is 7.98. The van der Waals surface area contributed by atoms with E-state index in [2.05, 4.69) is 20.2 Å². The lowest BCUT2D eigenvalue weighted by Crippen LogP contribution is -2.16. The SMILES string of the molecule is Cc1cc(N)nc(CSc2n[nH]c(=O)n2C2CC2)n1. The van der Waals surface area contributed by atoms with Gasteiger partial charge in [-0.1, -0.05) is 11.8 Å². The van der Waals surface area contributed by atoms with E-state index in [-0.39, 0.29) is 5.69 Å². The van der Waals surface area contributed by atoms with E-state index in [0.717, 1.165) is 18.5 Å². The molecule has 0 saturated heterocycles. The molecule has 0 spiro atoms. The Morgan fingerprint density at radius 3 is 3.00 bits per heavy atom. The molecule has 1 aliphatic carbocycles. The van der Waals surface area contributed by atoms with Crippen LogP contribution in [0.25, 0.3) is 0 Å². The molecule has 2 aromatic rings. The molecular formula is C11H14N6OS. The summed E-state index contributed by atoms with van der Waals surface area (Å²) in [4.78, 5) is 20.1. The second kappa shape index (κ2) is 4.69. The number of aryl methyl sites for hydroxylation is 1. The van der Waals surface area contributed by atoms with Crippen LogP contribution in [-0.2, 0) is 5.75 Å². The van der Waals surface area contributed by atoms with E-state index in [1.54, 1.807) is 10.6 Å². The lowest BCUT2D eigenvalue weighted by atomic mass is 10.4. The van der Waals surface area contributed by atoms with Gasteiger partial charge >= 0.3 is 5.69 Å². The normalized spacial score (nSPS) is 14.8. The third-order valence-electron chi connectivity index (χ3n) is 2.83. The van der Waals surface area contributed by atoms with Gasteiger partial charge in [-0.2, -0.15) is 0 Å². The van der Waals surface area contributed by atoms with Gasteiger partial charge in [0.2, 0.25) is 0 Å². The molecule has 0 radical (unpaired) electrons. The van der Waals surface area contributed by atoms with Crippen LogP contribution in [0, 0.1) is 6.92 Å². The van der Waals surface area contributed by atoms with Crippen LogP contribution in [0.4, 0.5) is 5.82 Å². The number of hydrogen-bond acceptors (Lipinski definition) is 6. The number of aromatic nitrogens is 5. The lowest BCUT2D eigenvalue weighted by Gasteiger charge is -2.04. The number of H-pyrrole nitrogens is 1. The van der Waals surface area contributed by atoms with Crippen molar-refractivity contribution in [2.75, 3.05) is 5.73 Å². The molecule has 3 N–H and O–H groups in total. The summed E-state index contributed by atoms with van der Waals surface area (Å²) >= 11 is 1.45. The number of rotatable bonds is 4. The zero-order valence-corrected chi connectivity index (χ0v) is 11.3. The van der Waals surface area contributed by atoms with E-state index < -0.39 is 0 Å². The van der Waals surface area contributed by atoms with E-state index in [9.17, 15) is 4.79 Å². The molecule has 1 aliphatic rings. The number of nitrogens with zero attached hydrogens (tertiary/aromatic N) is 4. The Morgan fingerprint density at radius 2 is 2.32 bits per heavy atom. The standard InChI is InChI=1S/C11H14N6OS/c1-6-4-8(12)14-9(13-6)5-19-11-16-15-10(18)17(11)7-2-3-7/h4,7H,2-3,5H2,1H3,(H,15,18)(H2,12,13,14). The first-order valence-corrected chi connectivity index (χ1v) is 7.02. The summed E-state index contributed by atoms with van der Waals surface area (Å²) in [6, 6.07) is 2.03. The number of thioether (sulfide) groups is 1. The summed E-state index contributed by atoms with van der Waals surface area (Å²) in [7, 11) is 0. The Hall–Kier alpha value is -1.83. The zero-order chi connectivity index (χ0) is 13.4. The average Bonchev–Trinajstić information content (AvgIpc) is 3.10. The molecule has 1 saturated carbocycles. The van der Waals surface area contributed by atoms with Crippen molar-refractivity contribution in [3.05, 3.63) is 28.1 Å². The molecule has 19 heavy (non-hydrogen) atoms. The predicted octanol–water partition coefficient (Wildman–Crippen LogP) is 0.879. The second-order valence-corrected chi connectivity index (χ2v) is 5.49. The van der Waals surface area contributed by atoms with Crippen LogP contribution >= 0.6 is 11.8 Å². The van der Waals surface area contributed by atoms with Crippen molar-refractivity contribution in [3.8, 4) is 0 Å². The molecular weight excluding hydrogens is 264 g/mol. The van der Waals surface area contributed by atoms with Gasteiger partial charge in [-0.05, 0) is 19.8 Å². The van der Waals surface area contributed by atoms with E-state index in [1.165, 1.54) is 11.8 Å². The van der Waals surface area contributed by atoms with Crippen molar-refractivity contribution in [3.63, 3.8) is 0 Å². The molecule has 2 heterocycles. The highest BCUT2D eigenvalue weighted by Crippen LogP contribution is 2.36. The van der Waals surface area contributed by atoms with E-state index in [1.807, 2.05) is 6.92 Å². The maximum atomic E-state index is 11.6. The molecule has 7 nitrogen and oxygen atoms in total. The zero-order valence-electron chi connectivity index (χ0n) is 10.5. The number of aromatic amines is 1. The van der Waals surface area contributed by atoms with Crippen molar-refractivity contribution in [2.24, 2.45) is 0 Å². The summed E-state index contributed by atoms with van der Waals surface area (Å²) in [6.45, 7) is 1.88. The van der Waals surface area contributed by atoms with Gasteiger partial charge in [-0.25, -0.2) is 19.9 Å². The van der Waals surface area contributed by atoms with Crippen LogP contribution in [0.1, 0.15) is 30.4 Å². The minimum Gasteiger partial charge on any atom is -0.384 e. The van der Waals surface area contributed by atoms with Gasteiger partial charge < -0.3 is 5.73 Å². The Labute approximate surface area is 113 Å². The Kier molecular flexibility index (Phi) is 3.02. The molecule has 0 unspecified atom stereocenters. The summed E-state index contributed by atoms with van der Waals surface area (Å²) < 4.78 is 1.71. The lowest BCUT2D eigenvalue weighted by molar-refractivity contribution is 0.642. The smallest absolute Gasteiger partial charge is 0.344 e. The van der Waals surface area contributed by atoms with Crippen LogP contribution in [0.5, 0.6) is 0 Å². The molecule has 0 amide bonds. The third-order valence-corrected chi connectivity index (χ3v) is 3.78. The fourth-order valence-corrected chi connectivity index (χ4v) is 2.77. The van der Waals surface area contributed by atoms with Crippen LogP contribution < -0.4 is 11.4 Å². The van der Waals surface area contributed by atoms with E-state index in [0.29, 0.717) is 28.6 Å². The Bertz CT molecular complexity index is 639. The number of hydrogen-bond donors (Lipinski definition) is 2. The van der Waals surface area contributed by atoms with Crippen molar-refractivity contribution < 1.29 is 0 Å². The summed E-state index contributed by atoms with van der Waals surface area (Å²) in [5.74, 6) is 1.66. The first kappa shape index (κ1) is 12.2. The average molecular weight is 278 g/mol. The van der Waals surface area contributed by atoms with Gasteiger partial charge in [0.25, 0.3) is 0 Å². The molecule has 100 valence electrons. The van der Waals surface area contributed by atoms with E-state index >= 15 is 0 Å². The molecule has 0 atom stereocenters. The molecule has 0 bridgehead atoms. The van der Waals surface area contributed by atoms with Crippen LogP contribution in [-0.4, -0.2) is 24.7 Å². The van der Waals surface area contributed by atoms with Gasteiger partial charge in [0.05, 0.1) is 5.75 Å². The highest BCUT2D eigenvalue weighted by atomic mass is 32.2. The number of nitrogen functional groups attached to an aromatic ring is 1. The third kappa shape index (κ3) is 2.62. The molecule has 1 fully saturated rings. The first-order chi connectivity index (χ1) is 9.13. The Morgan fingerprint density at radius 1 is 1.53 bits per heavy atom. The summed E-state index contributed by atoms with van der Waals surface area (Å²) in [5.41, 5.74) is 6.38. The maximum absolute atomic E-state index is 11.6. The predicted molar refractivity (Wildman–Crippen MR) is 71.9 cm³/mol.